The molecule has 0 amide bonds. The molecule has 0 saturated heterocycles. The summed E-state index contributed by atoms with van der Waals surface area (Å²) in [6.45, 7) is 2.23. The number of allylic oxidation sites excluding steroid dienone is 1. The van der Waals surface area contributed by atoms with E-state index >= 15 is 0 Å². The molecule has 0 aliphatic heterocycles. The summed E-state index contributed by atoms with van der Waals surface area (Å²) in [5, 5.41) is 19.4. The summed E-state index contributed by atoms with van der Waals surface area (Å²) in [5.41, 5.74) is 1.98. The molecule has 0 bridgehead atoms. The van der Waals surface area contributed by atoms with Gasteiger partial charge in [-0.15, -0.1) is 0 Å². The van der Waals surface area contributed by atoms with Crippen molar-refractivity contribution >= 4 is 39.2 Å². The fourth-order valence-corrected chi connectivity index (χ4v) is 2.40. The normalized spacial score (nSPS) is 11.1. The van der Waals surface area contributed by atoms with Crippen LogP contribution in [0.25, 0.3) is 11.6 Å². The lowest BCUT2D eigenvalue weighted by Crippen LogP contribution is -1.93. The molecule has 0 spiro atoms. The largest absolute Gasteiger partial charge is 0.503 e. The topological polar surface area (TPSA) is 53.2 Å². The van der Waals surface area contributed by atoms with Crippen LogP contribution in [-0.2, 0) is 0 Å². The lowest BCUT2D eigenvalue weighted by molar-refractivity contribution is 0.318. The van der Waals surface area contributed by atoms with Gasteiger partial charge in [0.05, 0.1) is 23.3 Å². The van der Waals surface area contributed by atoms with Crippen molar-refractivity contribution in [1.29, 1.82) is 5.26 Å². The number of hydrogen-bond donors (Lipinski definition) is 1. The van der Waals surface area contributed by atoms with Crippen LogP contribution in [0.3, 0.4) is 0 Å². The van der Waals surface area contributed by atoms with Gasteiger partial charge in [-0.3, -0.25) is 0 Å². The molecule has 1 N–H and O–H groups in total. The molecule has 0 unspecified atom stereocenters. The van der Waals surface area contributed by atoms with E-state index in [-0.39, 0.29) is 10.8 Å². The molecule has 22 heavy (non-hydrogen) atoms. The first-order chi connectivity index (χ1) is 10.5. The quantitative estimate of drug-likeness (QED) is 0.582. The molecule has 112 valence electrons. The Hall–Kier alpha value is -1.96. The van der Waals surface area contributed by atoms with Crippen molar-refractivity contribution in [3.8, 4) is 17.6 Å². The van der Waals surface area contributed by atoms with Gasteiger partial charge in [-0.1, -0.05) is 39.7 Å². The van der Waals surface area contributed by atoms with Crippen molar-refractivity contribution in [2.24, 2.45) is 0 Å². The molecule has 0 fully saturated rings. The van der Waals surface area contributed by atoms with Gasteiger partial charge in [-0.2, -0.15) is 5.26 Å². The number of benzene rings is 2. The number of phenolic OH excluding ortho intramolecular Hbond substituents is 1. The minimum Gasteiger partial charge on any atom is -0.503 e. The van der Waals surface area contributed by atoms with Gasteiger partial charge in [-0.25, -0.2) is 0 Å². The number of nitrogens with zero attached hydrogens (tertiary/aromatic N) is 1. The molecule has 0 aliphatic carbocycles. The van der Waals surface area contributed by atoms with E-state index in [0.717, 1.165) is 10.0 Å². The number of halogens is 2. The average Bonchev–Trinajstić information content (AvgIpc) is 2.51. The second kappa shape index (κ2) is 7.35. The van der Waals surface area contributed by atoms with Crippen LogP contribution in [0, 0.1) is 11.3 Å². The fraction of sp³-hybridized carbons (Fsp3) is 0.118. The fourth-order valence-electron chi connectivity index (χ4n) is 1.92. The number of rotatable bonds is 4. The number of nitriles is 1. The second-order valence-corrected chi connectivity index (χ2v) is 5.78. The lowest BCUT2D eigenvalue weighted by atomic mass is 10.0. The van der Waals surface area contributed by atoms with E-state index in [2.05, 4.69) is 22.0 Å². The van der Waals surface area contributed by atoms with Gasteiger partial charge in [0, 0.05) is 4.47 Å². The van der Waals surface area contributed by atoms with Crippen molar-refractivity contribution in [2.45, 2.75) is 6.92 Å². The van der Waals surface area contributed by atoms with Gasteiger partial charge in [0.25, 0.3) is 0 Å². The first-order valence-corrected chi connectivity index (χ1v) is 7.75. The Bertz CT molecular complexity index is 748. The summed E-state index contributed by atoms with van der Waals surface area (Å²) in [6.07, 6.45) is 1.71. The molecule has 3 nitrogen and oxygen atoms in total. The van der Waals surface area contributed by atoms with Gasteiger partial charge in [0.2, 0.25) is 0 Å². The Morgan fingerprint density at radius 2 is 2.05 bits per heavy atom. The monoisotopic (exact) mass is 377 g/mol. The molecule has 0 aliphatic rings. The van der Waals surface area contributed by atoms with E-state index in [1.807, 2.05) is 31.2 Å². The molecular weight excluding hydrogens is 366 g/mol. The van der Waals surface area contributed by atoms with Crippen LogP contribution in [0.1, 0.15) is 18.1 Å². The molecule has 5 heteroatoms. The van der Waals surface area contributed by atoms with Crippen LogP contribution in [0.2, 0.25) is 5.02 Å². The van der Waals surface area contributed by atoms with Crippen molar-refractivity contribution in [3.63, 3.8) is 0 Å². The van der Waals surface area contributed by atoms with E-state index in [1.54, 1.807) is 18.2 Å². The van der Waals surface area contributed by atoms with Crippen LogP contribution in [0.5, 0.6) is 11.5 Å². The standard InChI is InChI=1S/C17H13BrClNO2/c1-2-22-16-9-11(8-15(19)17(16)21)7-13(10-20)12-3-5-14(18)6-4-12/h3-9,21H,2H2,1H3/b13-7-. The van der Waals surface area contributed by atoms with E-state index < -0.39 is 0 Å². The Balaban J connectivity index is 2.46. The van der Waals surface area contributed by atoms with Gasteiger partial charge in [0.15, 0.2) is 11.5 Å². The highest BCUT2D eigenvalue weighted by Gasteiger charge is 2.10. The predicted octanol–water partition coefficient (Wildman–Crippen LogP) is 5.27. The zero-order valence-electron chi connectivity index (χ0n) is 11.8. The predicted molar refractivity (Wildman–Crippen MR) is 91.9 cm³/mol. The molecule has 0 aromatic heterocycles. The molecule has 2 rings (SSSR count). The first-order valence-electron chi connectivity index (χ1n) is 6.58. The van der Waals surface area contributed by atoms with Gasteiger partial charge < -0.3 is 9.84 Å². The average molecular weight is 379 g/mol. The van der Waals surface area contributed by atoms with E-state index in [4.69, 9.17) is 16.3 Å². The van der Waals surface area contributed by atoms with Gasteiger partial charge in [0.1, 0.15) is 0 Å². The van der Waals surface area contributed by atoms with Crippen molar-refractivity contribution in [3.05, 3.63) is 57.0 Å². The summed E-state index contributed by atoms with van der Waals surface area (Å²) in [5.74, 6) is 0.206. The third kappa shape index (κ3) is 3.82. The maximum absolute atomic E-state index is 9.84. The smallest absolute Gasteiger partial charge is 0.176 e. The van der Waals surface area contributed by atoms with E-state index in [9.17, 15) is 10.4 Å². The third-order valence-corrected chi connectivity index (χ3v) is 3.75. The van der Waals surface area contributed by atoms with Crippen molar-refractivity contribution in [1.82, 2.24) is 0 Å². The summed E-state index contributed by atoms with van der Waals surface area (Å²) < 4.78 is 6.29. The van der Waals surface area contributed by atoms with Crippen LogP contribution in [0.15, 0.2) is 40.9 Å². The first kappa shape index (κ1) is 16.4. The minimum atomic E-state index is -0.0946. The summed E-state index contributed by atoms with van der Waals surface area (Å²) in [7, 11) is 0. The molecule has 0 atom stereocenters. The maximum atomic E-state index is 9.84. The molecule has 0 heterocycles. The van der Waals surface area contributed by atoms with E-state index in [0.29, 0.717) is 23.5 Å². The van der Waals surface area contributed by atoms with Crippen molar-refractivity contribution in [2.75, 3.05) is 6.61 Å². The maximum Gasteiger partial charge on any atom is 0.176 e. The Kier molecular flexibility index (Phi) is 5.48. The Labute approximate surface area is 142 Å². The van der Waals surface area contributed by atoms with Gasteiger partial charge in [-0.05, 0) is 48.4 Å². The van der Waals surface area contributed by atoms with Gasteiger partial charge >= 0.3 is 0 Å². The number of hydrogen-bond acceptors (Lipinski definition) is 3. The highest BCUT2D eigenvalue weighted by molar-refractivity contribution is 9.10. The Morgan fingerprint density at radius 1 is 1.36 bits per heavy atom. The summed E-state index contributed by atoms with van der Waals surface area (Å²) >= 11 is 9.36. The number of ether oxygens (including phenoxy) is 1. The zero-order chi connectivity index (χ0) is 16.1. The van der Waals surface area contributed by atoms with Crippen molar-refractivity contribution < 1.29 is 9.84 Å². The Morgan fingerprint density at radius 3 is 2.64 bits per heavy atom. The molecule has 0 saturated carbocycles. The van der Waals surface area contributed by atoms with Crippen LogP contribution >= 0.6 is 27.5 Å². The summed E-state index contributed by atoms with van der Waals surface area (Å²) in [6, 6.07) is 12.9. The lowest BCUT2D eigenvalue weighted by Gasteiger charge is -2.09. The summed E-state index contributed by atoms with van der Waals surface area (Å²) in [4.78, 5) is 0. The van der Waals surface area contributed by atoms with Crippen LogP contribution < -0.4 is 4.74 Å². The number of phenols is 1. The highest BCUT2D eigenvalue weighted by Crippen LogP contribution is 2.36. The zero-order valence-corrected chi connectivity index (χ0v) is 14.1. The minimum absolute atomic E-state index is 0.0946. The van der Waals surface area contributed by atoms with E-state index in [1.165, 1.54) is 0 Å². The molecular formula is C17H13BrClNO2. The highest BCUT2D eigenvalue weighted by atomic mass is 79.9. The van der Waals surface area contributed by atoms with Crippen LogP contribution in [-0.4, -0.2) is 11.7 Å². The molecule has 2 aromatic rings. The number of aromatic hydroxyl groups is 1. The SMILES string of the molecule is CCOc1cc(/C=C(/C#N)c2ccc(Br)cc2)cc(Cl)c1O. The molecule has 0 radical (unpaired) electrons. The molecule has 2 aromatic carbocycles. The second-order valence-electron chi connectivity index (χ2n) is 4.46. The third-order valence-electron chi connectivity index (χ3n) is 2.94. The van der Waals surface area contributed by atoms with Crippen LogP contribution in [0.4, 0.5) is 0 Å².